The molecule has 0 rings (SSSR count). The van der Waals surface area contributed by atoms with Gasteiger partial charge in [0.2, 0.25) is 0 Å². The lowest BCUT2D eigenvalue weighted by molar-refractivity contribution is -0.0255. The van der Waals surface area contributed by atoms with Crippen LogP contribution in [0.4, 0.5) is 0 Å². The summed E-state index contributed by atoms with van der Waals surface area (Å²) in [6.07, 6.45) is 0. The second kappa shape index (κ2) is 4.80. The van der Waals surface area contributed by atoms with Crippen LogP contribution in [0.25, 0.3) is 0 Å². The first kappa shape index (κ1) is 11.9. The van der Waals surface area contributed by atoms with Gasteiger partial charge in [0, 0.05) is 12.6 Å². The summed E-state index contributed by atoms with van der Waals surface area (Å²) < 4.78 is 0. The van der Waals surface area contributed by atoms with Crippen molar-refractivity contribution < 1.29 is 5.11 Å². The van der Waals surface area contributed by atoms with Crippen LogP contribution in [0.1, 0.15) is 27.7 Å². The van der Waals surface area contributed by atoms with Crippen LogP contribution >= 0.6 is 0 Å². The Bertz CT molecular complexity index is 128. The summed E-state index contributed by atoms with van der Waals surface area (Å²) in [6, 6.07) is 0.0486. The molecule has 0 radical (unpaired) electrons. The van der Waals surface area contributed by atoms with Gasteiger partial charge in [-0.25, -0.2) is 0 Å². The molecule has 3 heteroatoms. The van der Waals surface area contributed by atoms with E-state index in [1.54, 1.807) is 0 Å². The second-order valence-corrected chi connectivity index (χ2v) is 3.63. The zero-order valence-electron chi connectivity index (χ0n) is 8.59. The number of hydrogen-bond acceptors (Lipinski definition) is 3. The molecule has 0 heterocycles. The van der Waals surface area contributed by atoms with E-state index in [4.69, 9.17) is 5.73 Å². The van der Waals surface area contributed by atoms with E-state index in [2.05, 4.69) is 5.32 Å². The van der Waals surface area contributed by atoms with E-state index >= 15 is 0 Å². The minimum atomic E-state index is -0.782. The van der Waals surface area contributed by atoms with Gasteiger partial charge in [-0.3, -0.25) is 0 Å². The molecule has 0 aromatic rings. The van der Waals surface area contributed by atoms with Crippen molar-refractivity contribution in [2.45, 2.75) is 39.3 Å². The topological polar surface area (TPSA) is 58.3 Å². The van der Waals surface area contributed by atoms with Crippen molar-refractivity contribution in [1.29, 1.82) is 0 Å². The van der Waals surface area contributed by atoms with Gasteiger partial charge in [0.1, 0.15) is 0 Å². The van der Waals surface area contributed by atoms with E-state index in [1.807, 2.05) is 27.7 Å². The van der Waals surface area contributed by atoms with Gasteiger partial charge in [0.25, 0.3) is 0 Å². The van der Waals surface area contributed by atoms with Crippen LogP contribution in [-0.2, 0) is 0 Å². The molecule has 2 atom stereocenters. The Hall–Kier alpha value is -0.120. The van der Waals surface area contributed by atoms with Gasteiger partial charge in [0.05, 0.1) is 5.60 Å². The third-order valence-electron chi connectivity index (χ3n) is 2.59. The summed E-state index contributed by atoms with van der Waals surface area (Å²) >= 11 is 0. The molecule has 0 saturated carbocycles. The zero-order chi connectivity index (χ0) is 9.78. The third-order valence-corrected chi connectivity index (χ3v) is 2.59. The Morgan fingerprint density at radius 1 is 1.42 bits per heavy atom. The lowest BCUT2D eigenvalue weighted by Crippen LogP contribution is -2.57. The molecule has 0 aromatic heterocycles. The van der Waals surface area contributed by atoms with Crippen LogP contribution in [0.15, 0.2) is 0 Å². The maximum Gasteiger partial charge on any atom is 0.0941 e. The molecule has 0 fully saturated rings. The van der Waals surface area contributed by atoms with E-state index in [1.165, 1.54) is 0 Å². The van der Waals surface area contributed by atoms with Crippen LogP contribution in [0, 0.1) is 5.92 Å². The Morgan fingerprint density at radius 2 is 1.92 bits per heavy atom. The average Bonchev–Trinajstić information content (AvgIpc) is 2.03. The van der Waals surface area contributed by atoms with Gasteiger partial charge >= 0.3 is 0 Å². The van der Waals surface area contributed by atoms with E-state index in [-0.39, 0.29) is 12.0 Å². The number of nitrogens with one attached hydrogen (secondary N) is 1. The fraction of sp³-hybridized carbons (Fsp3) is 1.00. The van der Waals surface area contributed by atoms with Crippen LogP contribution in [0.2, 0.25) is 0 Å². The molecule has 0 saturated heterocycles. The molecule has 2 unspecified atom stereocenters. The number of rotatable bonds is 5. The minimum absolute atomic E-state index is 0.0486. The molecular weight excluding hydrogens is 152 g/mol. The van der Waals surface area contributed by atoms with Crippen LogP contribution in [-0.4, -0.2) is 29.8 Å². The molecular formula is C9H22N2O. The van der Waals surface area contributed by atoms with Crippen molar-refractivity contribution in [3.63, 3.8) is 0 Å². The molecule has 0 aromatic carbocycles. The Morgan fingerprint density at radius 3 is 2.17 bits per heavy atom. The molecule has 0 amide bonds. The third kappa shape index (κ3) is 2.44. The van der Waals surface area contributed by atoms with Gasteiger partial charge in [0.15, 0.2) is 0 Å². The molecule has 0 aliphatic carbocycles. The minimum Gasteiger partial charge on any atom is -0.387 e. The maximum absolute atomic E-state index is 10.1. The van der Waals surface area contributed by atoms with E-state index in [9.17, 15) is 5.11 Å². The largest absolute Gasteiger partial charge is 0.387 e. The fourth-order valence-corrected chi connectivity index (χ4v) is 1.40. The van der Waals surface area contributed by atoms with Crippen LogP contribution in [0.3, 0.4) is 0 Å². The molecule has 74 valence electrons. The highest BCUT2D eigenvalue weighted by Gasteiger charge is 2.34. The quantitative estimate of drug-likeness (QED) is 0.563. The molecule has 4 N–H and O–H groups in total. The predicted molar refractivity (Wildman–Crippen MR) is 52.0 cm³/mol. The number of hydrogen-bond donors (Lipinski definition) is 3. The molecule has 0 bridgehead atoms. The molecule has 12 heavy (non-hydrogen) atoms. The summed E-state index contributed by atoms with van der Waals surface area (Å²) in [5.74, 6) is 0.177. The number of likely N-dealkylation sites (N-methyl/N-ethyl adjacent to an activating group) is 1. The monoisotopic (exact) mass is 174 g/mol. The first-order valence-corrected chi connectivity index (χ1v) is 4.64. The number of aliphatic hydroxyl groups is 1. The van der Waals surface area contributed by atoms with E-state index in [0.29, 0.717) is 6.54 Å². The van der Waals surface area contributed by atoms with Crippen LogP contribution < -0.4 is 11.1 Å². The second-order valence-electron chi connectivity index (χ2n) is 3.63. The normalized spacial score (nSPS) is 19.2. The lowest BCUT2D eigenvalue weighted by Gasteiger charge is -2.37. The van der Waals surface area contributed by atoms with E-state index in [0.717, 1.165) is 6.54 Å². The van der Waals surface area contributed by atoms with Crippen molar-refractivity contribution in [3.05, 3.63) is 0 Å². The van der Waals surface area contributed by atoms with Crippen LogP contribution in [0.5, 0.6) is 0 Å². The first-order valence-electron chi connectivity index (χ1n) is 4.64. The summed E-state index contributed by atoms with van der Waals surface area (Å²) in [4.78, 5) is 0. The van der Waals surface area contributed by atoms with Gasteiger partial charge in [-0.15, -0.1) is 0 Å². The van der Waals surface area contributed by atoms with Crippen molar-refractivity contribution in [3.8, 4) is 0 Å². The zero-order valence-corrected chi connectivity index (χ0v) is 8.59. The lowest BCUT2D eigenvalue weighted by atomic mass is 9.84. The maximum atomic E-state index is 10.1. The Balaban J connectivity index is 4.29. The van der Waals surface area contributed by atoms with Gasteiger partial charge < -0.3 is 16.2 Å². The summed E-state index contributed by atoms with van der Waals surface area (Å²) in [5.41, 5.74) is 4.77. The highest BCUT2D eigenvalue weighted by atomic mass is 16.3. The van der Waals surface area contributed by atoms with Crippen molar-refractivity contribution in [1.82, 2.24) is 5.32 Å². The summed E-state index contributed by atoms with van der Waals surface area (Å²) in [6.45, 7) is 9.13. The van der Waals surface area contributed by atoms with Gasteiger partial charge in [-0.2, -0.15) is 0 Å². The standard InChI is InChI=1S/C9H22N2O/c1-5-11-8(4)9(12,6-10)7(2)3/h7-8,11-12H,5-6,10H2,1-4H3. The van der Waals surface area contributed by atoms with Gasteiger partial charge in [-0.1, -0.05) is 20.8 Å². The SMILES string of the molecule is CCNC(C)C(O)(CN)C(C)C. The highest BCUT2D eigenvalue weighted by Crippen LogP contribution is 2.19. The van der Waals surface area contributed by atoms with Crippen molar-refractivity contribution in [2.75, 3.05) is 13.1 Å². The number of nitrogens with two attached hydrogens (primary N) is 1. The predicted octanol–water partition coefficient (Wildman–Crippen LogP) is 0.330. The smallest absolute Gasteiger partial charge is 0.0941 e. The first-order chi connectivity index (χ1) is 5.49. The van der Waals surface area contributed by atoms with E-state index < -0.39 is 5.60 Å². The Kier molecular flexibility index (Phi) is 4.75. The molecule has 0 aliphatic rings. The fourth-order valence-electron chi connectivity index (χ4n) is 1.40. The molecule has 3 nitrogen and oxygen atoms in total. The molecule has 0 aliphatic heterocycles. The molecule has 0 spiro atoms. The van der Waals surface area contributed by atoms with Crippen molar-refractivity contribution in [2.24, 2.45) is 11.7 Å². The summed E-state index contributed by atoms with van der Waals surface area (Å²) in [5, 5.41) is 13.3. The average molecular weight is 174 g/mol. The summed E-state index contributed by atoms with van der Waals surface area (Å²) in [7, 11) is 0. The highest BCUT2D eigenvalue weighted by molar-refractivity contribution is 4.92. The Labute approximate surface area is 75.3 Å². The van der Waals surface area contributed by atoms with Crippen molar-refractivity contribution >= 4 is 0 Å². The van der Waals surface area contributed by atoms with Gasteiger partial charge in [-0.05, 0) is 19.4 Å².